The van der Waals surface area contributed by atoms with Crippen molar-refractivity contribution in [3.8, 4) is 17.2 Å². The van der Waals surface area contributed by atoms with E-state index in [0.717, 1.165) is 35.4 Å². The number of benzene rings is 2. The Hall–Kier alpha value is -3.30. The molecule has 6 rings (SSSR count). The molecule has 2 fully saturated rings. The molecule has 0 radical (unpaired) electrons. The van der Waals surface area contributed by atoms with Crippen LogP contribution in [0.5, 0.6) is 17.2 Å². The highest BCUT2D eigenvalue weighted by Gasteiger charge is 2.46. The van der Waals surface area contributed by atoms with Crippen molar-refractivity contribution < 1.29 is 33.6 Å². The Morgan fingerprint density at radius 1 is 0.972 bits per heavy atom. The number of hydrogen-bond donors (Lipinski definition) is 3. The second-order valence-corrected chi connectivity index (χ2v) is 10.0. The summed E-state index contributed by atoms with van der Waals surface area (Å²) in [7, 11) is 0. The molecule has 4 aliphatic rings. The van der Waals surface area contributed by atoms with Gasteiger partial charge in [0, 0.05) is 30.1 Å². The van der Waals surface area contributed by atoms with Crippen molar-refractivity contribution in [2.24, 2.45) is 5.92 Å². The predicted molar refractivity (Wildman–Crippen MR) is 129 cm³/mol. The highest BCUT2D eigenvalue weighted by molar-refractivity contribution is 5.91. The van der Waals surface area contributed by atoms with Crippen molar-refractivity contribution in [1.82, 2.24) is 5.32 Å². The molecular formula is C27H30N2O7. The molecule has 3 aliphatic heterocycles. The van der Waals surface area contributed by atoms with Crippen LogP contribution in [0, 0.1) is 5.92 Å². The number of carbonyl (C=O) groups excluding carboxylic acids is 2. The Morgan fingerprint density at radius 2 is 1.81 bits per heavy atom. The van der Waals surface area contributed by atoms with Crippen LogP contribution in [0.25, 0.3) is 0 Å². The standard InChI is InChI=1S/C27H30N2O7/c30-13-24-27-20(19-9-17(4-6-21(19)36-27)29-26(32)8-15-1-2-15)10-18(35-24)11-25(31)28-12-16-3-5-22-23(7-16)34-14-33-22/h3-7,9,15,18,20,24,27,30H,1-2,8,10-14H2,(H,28,31)(H,29,32)/t18-,20+,24+,27-/m0/s1. The molecule has 0 unspecified atom stereocenters. The van der Waals surface area contributed by atoms with Gasteiger partial charge in [-0.05, 0) is 61.1 Å². The van der Waals surface area contributed by atoms with Gasteiger partial charge in [0.05, 0.1) is 19.1 Å². The molecular weight excluding hydrogens is 464 g/mol. The van der Waals surface area contributed by atoms with Crippen LogP contribution in [-0.4, -0.2) is 48.6 Å². The number of rotatable bonds is 8. The van der Waals surface area contributed by atoms with Gasteiger partial charge in [-0.15, -0.1) is 0 Å². The van der Waals surface area contributed by atoms with Crippen molar-refractivity contribution in [2.75, 3.05) is 18.7 Å². The molecule has 3 N–H and O–H groups in total. The lowest BCUT2D eigenvalue weighted by molar-refractivity contribution is -0.142. The molecule has 0 bridgehead atoms. The Bertz CT molecular complexity index is 1160. The highest BCUT2D eigenvalue weighted by Crippen LogP contribution is 2.47. The number of anilines is 1. The third-order valence-corrected chi connectivity index (χ3v) is 7.29. The van der Waals surface area contributed by atoms with Gasteiger partial charge in [0.15, 0.2) is 11.5 Å². The van der Waals surface area contributed by atoms with Gasteiger partial charge in [-0.2, -0.15) is 0 Å². The summed E-state index contributed by atoms with van der Waals surface area (Å²) in [5, 5.41) is 15.9. The summed E-state index contributed by atoms with van der Waals surface area (Å²) >= 11 is 0. The van der Waals surface area contributed by atoms with Crippen LogP contribution in [0.4, 0.5) is 5.69 Å². The van der Waals surface area contributed by atoms with Crippen LogP contribution in [0.1, 0.15) is 49.1 Å². The molecule has 190 valence electrons. The van der Waals surface area contributed by atoms with Crippen molar-refractivity contribution in [1.29, 1.82) is 0 Å². The normalized spacial score (nSPS) is 25.5. The van der Waals surface area contributed by atoms with Gasteiger partial charge >= 0.3 is 0 Å². The first kappa shape index (κ1) is 23.1. The SMILES string of the molecule is O=C(C[C@@H]1C[C@@H]2c3cc(NC(=O)CC4CC4)ccc3O[C@@H]2[C@@H](CO)O1)NCc1ccc2c(c1)OCO2. The lowest BCUT2D eigenvalue weighted by Gasteiger charge is -2.37. The zero-order valence-corrected chi connectivity index (χ0v) is 19.9. The third kappa shape index (κ3) is 4.85. The molecule has 2 amide bonds. The fourth-order valence-electron chi connectivity index (χ4n) is 5.29. The molecule has 2 aromatic rings. The van der Waals surface area contributed by atoms with Gasteiger partial charge in [0.1, 0.15) is 18.0 Å². The van der Waals surface area contributed by atoms with Crippen LogP contribution in [-0.2, 0) is 20.9 Å². The summed E-state index contributed by atoms with van der Waals surface area (Å²) in [6, 6.07) is 11.3. The molecule has 1 saturated carbocycles. The maximum atomic E-state index is 12.7. The van der Waals surface area contributed by atoms with E-state index >= 15 is 0 Å². The molecule has 0 spiro atoms. The number of fused-ring (bicyclic) bond motifs is 4. The van der Waals surface area contributed by atoms with Crippen LogP contribution in [0.3, 0.4) is 0 Å². The summed E-state index contributed by atoms with van der Waals surface area (Å²) < 4.78 is 22.9. The topological polar surface area (TPSA) is 115 Å². The van der Waals surface area contributed by atoms with Crippen molar-refractivity contribution >= 4 is 17.5 Å². The summed E-state index contributed by atoms with van der Waals surface area (Å²) in [6.07, 6.45) is 2.37. The molecule has 0 aromatic heterocycles. The summed E-state index contributed by atoms with van der Waals surface area (Å²) in [6.45, 7) is 0.377. The Morgan fingerprint density at radius 3 is 2.64 bits per heavy atom. The molecule has 3 heterocycles. The van der Waals surface area contributed by atoms with Crippen molar-refractivity contribution in [2.45, 2.75) is 62.9 Å². The first-order valence-corrected chi connectivity index (χ1v) is 12.6. The number of aliphatic hydroxyl groups is 1. The van der Waals surface area contributed by atoms with Gasteiger partial charge in [-0.25, -0.2) is 0 Å². The van der Waals surface area contributed by atoms with E-state index in [2.05, 4.69) is 10.6 Å². The number of hydrogen-bond acceptors (Lipinski definition) is 7. The lowest BCUT2D eigenvalue weighted by atomic mass is 9.84. The number of ether oxygens (including phenoxy) is 4. The van der Waals surface area contributed by atoms with Crippen LogP contribution >= 0.6 is 0 Å². The van der Waals surface area contributed by atoms with E-state index in [4.69, 9.17) is 18.9 Å². The molecule has 1 aliphatic carbocycles. The molecule has 1 saturated heterocycles. The Labute approximate surface area is 209 Å². The van der Waals surface area contributed by atoms with E-state index in [1.165, 1.54) is 0 Å². The molecule has 36 heavy (non-hydrogen) atoms. The second kappa shape index (κ2) is 9.63. The maximum Gasteiger partial charge on any atom is 0.231 e. The van der Waals surface area contributed by atoms with Crippen LogP contribution in [0.15, 0.2) is 36.4 Å². The van der Waals surface area contributed by atoms with E-state index in [1.807, 2.05) is 36.4 Å². The number of aliphatic hydroxyl groups excluding tert-OH is 1. The number of nitrogens with one attached hydrogen (secondary N) is 2. The second-order valence-electron chi connectivity index (χ2n) is 10.0. The van der Waals surface area contributed by atoms with E-state index in [9.17, 15) is 14.7 Å². The van der Waals surface area contributed by atoms with Gasteiger partial charge in [0.2, 0.25) is 18.6 Å². The zero-order chi connectivity index (χ0) is 24.6. The fraction of sp³-hybridized carbons (Fsp3) is 0.481. The van der Waals surface area contributed by atoms with Crippen molar-refractivity contribution in [3.05, 3.63) is 47.5 Å². The number of amides is 2. The first-order chi connectivity index (χ1) is 17.6. The van der Waals surface area contributed by atoms with E-state index in [-0.39, 0.29) is 49.8 Å². The molecule has 4 atom stereocenters. The fourth-order valence-corrected chi connectivity index (χ4v) is 5.29. The van der Waals surface area contributed by atoms with Gasteiger partial charge in [0.25, 0.3) is 0 Å². The minimum Gasteiger partial charge on any atom is -0.487 e. The first-order valence-electron chi connectivity index (χ1n) is 12.6. The zero-order valence-electron chi connectivity index (χ0n) is 19.9. The highest BCUT2D eigenvalue weighted by atomic mass is 16.7. The third-order valence-electron chi connectivity index (χ3n) is 7.29. The maximum absolute atomic E-state index is 12.7. The van der Waals surface area contributed by atoms with Gasteiger partial charge < -0.3 is 34.7 Å². The molecule has 9 nitrogen and oxygen atoms in total. The van der Waals surface area contributed by atoms with Gasteiger partial charge in [-0.1, -0.05) is 6.07 Å². The van der Waals surface area contributed by atoms with E-state index in [1.54, 1.807) is 0 Å². The average Bonchev–Trinajstić information content (AvgIpc) is 3.42. The monoisotopic (exact) mass is 494 g/mol. The van der Waals surface area contributed by atoms with E-state index < -0.39 is 6.10 Å². The van der Waals surface area contributed by atoms with Gasteiger partial charge in [-0.3, -0.25) is 9.59 Å². The summed E-state index contributed by atoms with van der Waals surface area (Å²) in [4.78, 5) is 25.0. The predicted octanol–water partition coefficient (Wildman–Crippen LogP) is 2.85. The quantitative estimate of drug-likeness (QED) is 0.517. The Balaban J connectivity index is 1.09. The molecule has 2 aromatic carbocycles. The largest absolute Gasteiger partial charge is 0.487 e. The Kier molecular flexibility index (Phi) is 6.18. The molecule has 9 heteroatoms. The lowest BCUT2D eigenvalue weighted by Crippen LogP contribution is -2.47. The summed E-state index contributed by atoms with van der Waals surface area (Å²) in [5.74, 6) is 2.51. The minimum absolute atomic E-state index is 0.0298. The average molecular weight is 495 g/mol. The van der Waals surface area contributed by atoms with E-state index in [0.29, 0.717) is 36.8 Å². The smallest absolute Gasteiger partial charge is 0.231 e. The minimum atomic E-state index is -0.532. The van der Waals surface area contributed by atoms with Crippen LogP contribution in [0.2, 0.25) is 0 Å². The van der Waals surface area contributed by atoms with Crippen molar-refractivity contribution in [3.63, 3.8) is 0 Å². The summed E-state index contributed by atoms with van der Waals surface area (Å²) in [5.41, 5.74) is 2.64. The van der Waals surface area contributed by atoms with Crippen LogP contribution < -0.4 is 24.8 Å². The number of carbonyl (C=O) groups is 2.